The molecule has 0 radical (unpaired) electrons. The van der Waals surface area contributed by atoms with E-state index in [9.17, 15) is 4.79 Å². The van der Waals surface area contributed by atoms with Crippen LogP contribution in [-0.4, -0.2) is 26.4 Å². The summed E-state index contributed by atoms with van der Waals surface area (Å²) in [6, 6.07) is 8.21. The molecule has 1 aromatic rings. The molecule has 0 amide bonds. The summed E-state index contributed by atoms with van der Waals surface area (Å²) in [5.74, 6) is -0.201. The molecule has 0 aliphatic carbocycles. The van der Waals surface area contributed by atoms with Gasteiger partial charge in [0, 0.05) is 10.9 Å². The zero-order chi connectivity index (χ0) is 12.0. The topological polar surface area (TPSA) is 38.3 Å². The van der Waals surface area contributed by atoms with Crippen LogP contribution in [0.1, 0.15) is 18.0 Å². The van der Waals surface area contributed by atoms with Crippen molar-refractivity contribution >= 4 is 17.7 Å². The van der Waals surface area contributed by atoms with Crippen LogP contribution >= 0.6 is 11.8 Å². The molecular weight excluding hydrogens is 222 g/mol. The quantitative estimate of drug-likeness (QED) is 0.631. The minimum atomic E-state index is -0.201. The standard InChI is InChI=1S/C12H17NO2S/c1-13-11(8-12(14)15-2)9-4-6-10(16-3)7-5-9/h4-7,11,13H,8H2,1-3H3. The third-order valence-corrected chi connectivity index (χ3v) is 3.21. The van der Waals surface area contributed by atoms with Crippen molar-refractivity contribution in [3.8, 4) is 0 Å². The van der Waals surface area contributed by atoms with Gasteiger partial charge in [0.05, 0.1) is 13.5 Å². The Morgan fingerprint density at radius 1 is 1.44 bits per heavy atom. The second-order valence-corrected chi connectivity index (χ2v) is 4.27. The molecule has 1 atom stereocenters. The normalized spacial score (nSPS) is 12.2. The number of methoxy groups -OCH3 is 1. The van der Waals surface area contributed by atoms with E-state index in [-0.39, 0.29) is 12.0 Å². The molecule has 0 aliphatic heterocycles. The van der Waals surface area contributed by atoms with Crippen molar-refractivity contribution in [2.75, 3.05) is 20.4 Å². The lowest BCUT2D eigenvalue weighted by Crippen LogP contribution is -2.20. The van der Waals surface area contributed by atoms with Gasteiger partial charge in [-0.3, -0.25) is 4.79 Å². The highest BCUT2D eigenvalue weighted by Crippen LogP contribution is 2.21. The molecule has 16 heavy (non-hydrogen) atoms. The molecular formula is C12H17NO2S. The van der Waals surface area contributed by atoms with E-state index in [4.69, 9.17) is 0 Å². The van der Waals surface area contributed by atoms with E-state index in [1.807, 2.05) is 25.4 Å². The number of nitrogens with one attached hydrogen (secondary N) is 1. The van der Waals surface area contributed by atoms with Gasteiger partial charge in [-0.05, 0) is 31.0 Å². The van der Waals surface area contributed by atoms with Gasteiger partial charge in [0.2, 0.25) is 0 Å². The number of ether oxygens (including phenoxy) is 1. The van der Waals surface area contributed by atoms with Crippen molar-refractivity contribution < 1.29 is 9.53 Å². The van der Waals surface area contributed by atoms with Gasteiger partial charge in [0.1, 0.15) is 0 Å². The molecule has 1 aromatic carbocycles. The van der Waals surface area contributed by atoms with Crippen LogP contribution in [0.3, 0.4) is 0 Å². The van der Waals surface area contributed by atoms with Crippen LogP contribution in [0.4, 0.5) is 0 Å². The Kier molecular flexibility index (Phi) is 5.35. The highest BCUT2D eigenvalue weighted by atomic mass is 32.2. The van der Waals surface area contributed by atoms with Crippen molar-refractivity contribution in [1.82, 2.24) is 5.32 Å². The van der Waals surface area contributed by atoms with E-state index in [0.717, 1.165) is 5.56 Å². The maximum Gasteiger partial charge on any atom is 0.307 e. The number of carbonyl (C=O) groups is 1. The predicted molar refractivity (Wildman–Crippen MR) is 66.7 cm³/mol. The number of benzene rings is 1. The summed E-state index contributed by atoms with van der Waals surface area (Å²) < 4.78 is 4.67. The molecule has 88 valence electrons. The molecule has 0 aromatic heterocycles. The molecule has 4 heteroatoms. The third kappa shape index (κ3) is 3.54. The fraction of sp³-hybridized carbons (Fsp3) is 0.417. The summed E-state index contributed by atoms with van der Waals surface area (Å²) in [4.78, 5) is 12.4. The Hall–Kier alpha value is -1.00. The van der Waals surface area contributed by atoms with E-state index in [1.165, 1.54) is 12.0 Å². The van der Waals surface area contributed by atoms with Gasteiger partial charge in [-0.1, -0.05) is 12.1 Å². The lowest BCUT2D eigenvalue weighted by molar-refractivity contribution is -0.141. The zero-order valence-electron chi connectivity index (χ0n) is 9.82. The molecule has 3 nitrogen and oxygen atoms in total. The molecule has 1 N–H and O–H groups in total. The smallest absolute Gasteiger partial charge is 0.307 e. The van der Waals surface area contributed by atoms with Gasteiger partial charge in [0.15, 0.2) is 0 Å². The molecule has 0 fully saturated rings. The Bertz CT molecular complexity index is 337. The first-order valence-electron chi connectivity index (χ1n) is 5.09. The van der Waals surface area contributed by atoms with Gasteiger partial charge >= 0.3 is 5.97 Å². The van der Waals surface area contributed by atoms with E-state index >= 15 is 0 Å². The minimum Gasteiger partial charge on any atom is -0.469 e. The highest BCUT2D eigenvalue weighted by Gasteiger charge is 2.14. The number of rotatable bonds is 5. The van der Waals surface area contributed by atoms with Gasteiger partial charge in [-0.25, -0.2) is 0 Å². The minimum absolute atomic E-state index is 0.0170. The monoisotopic (exact) mass is 239 g/mol. The summed E-state index contributed by atoms with van der Waals surface area (Å²) in [7, 11) is 3.25. The summed E-state index contributed by atoms with van der Waals surface area (Å²) >= 11 is 1.70. The van der Waals surface area contributed by atoms with Crippen LogP contribution in [0.15, 0.2) is 29.2 Å². The average Bonchev–Trinajstić information content (AvgIpc) is 2.35. The van der Waals surface area contributed by atoms with Crippen LogP contribution in [-0.2, 0) is 9.53 Å². The summed E-state index contributed by atoms with van der Waals surface area (Å²) in [6.45, 7) is 0. The highest BCUT2D eigenvalue weighted by molar-refractivity contribution is 7.98. The molecule has 0 aliphatic rings. The maximum atomic E-state index is 11.2. The Labute approximate surface area is 101 Å². The summed E-state index contributed by atoms with van der Waals surface area (Å²) in [6.07, 6.45) is 2.39. The zero-order valence-corrected chi connectivity index (χ0v) is 10.6. The van der Waals surface area contributed by atoms with Crippen LogP contribution < -0.4 is 5.32 Å². The number of carbonyl (C=O) groups excluding carboxylic acids is 1. The Morgan fingerprint density at radius 2 is 2.06 bits per heavy atom. The first kappa shape index (κ1) is 13.1. The molecule has 1 rings (SSSR count). The fourth-order valence-electron chi connectivity index (χ4n) is 1.47. The van der Waals surface area contributed by atoms with Crippen molar-refractivity contribution in [2.45, 2.75) is 17.4 Å². The SMILES string of the molecule is CNC(CC(=O)OC)c1ccc(SC)cc1. The lowest BCUT2D eigenvalue weighted by atomic mass is 10.0. The molecule has 1 unspecified atom stereocenters. The van der Waals surface area contributed by atoms with E-state index < -0.39 is 0 Å². The second-order valence-electron chi connectivity index (χ2n) is 3.39. The van der Waals surface area contributed by atoms with Gasteiger partial charge in [-0.2, -0.15) is 0 Å². The largest absolute Gasteiger partial charge is 0.469 e. The summed E-state index contributed by atoms with van der Waals surface area (Å²) in [5.41, 5.74) is 1.10. The Balaban J connectivity index is 2.74. The van der Waals surface area contributed by atoms with Crippen molar-refractivity contribution in [2.24, 2.45) is 0 Å². The maximum absolute atomic E-state index is 11.2. The third-order valence-electron chi connectivity index (χ3n) is 2.47. The van der Waals surface area contributed by atoms with Crippen molar-refractivity contribution in [3.05, 3.63) is 29.8 Å². The first-order chi connectivity index (χ1) is 7.71. The molecule has 0 spiro atoms. The predicted octanol–water partition coefficient (Wildman–Crippen LogP) is 2.23. The number of esters is 1. The van der Waals surface area contributed by atoms with Gasteiger partial charge in [0.25, 0.3) is 0 Å². The molecule has 0 bridgehead atoms. The fourth-order valence-corrected chi connectivity index (χ4v) is 1.88. The molecule has 0 saturated carbocycles. The van der Waals surface area contributed by atoms with Crippen LogP contribution in [0.25, 0.3) is 0 Å². The first-order valence-corrected chi connectivity index (χ1v) is 6.31. The van der Waals surface area contributed by atoms with E-state index in [2.05, 4.69) is 22.2 Å². The number of thioether (sulfide) groups is 1. The number of hydrogen-bond acceptors (Lipinski definition) is 4. The lowest BCUT2D eigenvalue weighted by Gasteiger charge is -2.15. The Morgan fingerprint density at radius 3 is 2.50 bits per heavy atom. The molecule has 0 heterocycles. The van der Waals surface area contributed by atoms with Crippen LogP contribution in [0, 0.1) is 0 Å². The van der Waals surface area contributed by atoms with Crippen molar-refractivity contribution in [1.29, 1.82) is 0 Å². The van der Waals surface area contributed by atoms with Gasteiger partial charge in [-0.15, -0.1) is 11.8 Å². The van der Waals surface area contributed by atoms with Crippen molar-refractivity contribution in [3.63, 3.8) is 0 Å². The van der Waals surface area contributed by atoms with E-state index in [1.54, 1.807) is 11.8 Å². The number of hydrogen-bond donors (Lipinski definition) is 1. The van der Waals surface area contributed by atoms with Crippen LogP contribution in [0.5, 0.6) is 0 Å². The average molecular weight is 239 g/mol. The molecule has 0 saturated heterocycles. The van der Waals surface area contributed by atoms with Gasteiger partial charge < -0.3 is 10.1 Å². The van der Waals surface area contributed by atoms with E-state index in [0.29, 0.717) is 6.42 Å². The van der Waals surface area contributed by atoms with Crippen LogP contribution in [0.2, 0.25) is 0 Å². The second kappa shape index (κ2) is 6.55. The summed E-state index contributed by atoms with van der Waals surface area (Å²) in [5, 5.41) is 3.11.